The van der Waals surface area contributed by atoms with Crippen molar-refractivity contribution in [3.8, 4) is 0 Å². The summed E-state index contributed by atoms with van der Waals surface area (Å²) in [7, 11) is 0. The Hall–Kier alpha value is -1.94. The number of aromatic nitrogens is 2. The molecule has 2 rings (SSSR count). The predicted molar refractivity (Wildman–Crippen MR) is 74.1 cm³/mol. The van der Waals surface area contributed by atoms with Crippen LogP contribution in [0, 0.1) is 6.92 Å². The number of carbonyl (C=O) groups excluding carboxylic acids is 1. The first kappa shape index (κ1) is 13.5. The van der Waals surface area contributed by atoms with Gasteiger partial charge in [0.25, 0.3) is 5.91 Å². The number of aryl methyl sites for hydroxylation is 1. The number of rotatable bonds is 3. The van der Waals surface area contributed by atoms with Crippen molar-refractivity contribution in [2.75, 3.05) is 0 Å². The molecule has 98 valence electrons. The van der Waals surface area contributed by atoms with Crippen LogP contribution < -0.4 is 5.32 Å². The second kappa shape index (κ2) is 5.80. The van der Waals surface area contributed by atoms with Gasteiger partial charge >= 0.3 is 0 Å². The fourth-order valence-electron chi connectivity index (χ4n) is 1.68. The van der Waals surface area contributed by atoms with Gasteiger partial charge in [0, 0.05) is 11.2 Å². The van der Waals surface area contributed by atoms with Crippen LogP contribution in [0.3, 0.4) is 0 Å². The van der Waals surface area contributed by atoms with E-state index in [-0.39, 0.29) is 11.9 Å². The van der Waals surface area contributed by atoms with Gasteiger partial charge in [-0.15, -0.1) is 0 Å². The highest BCUT2D eigenvalue weighted by Gasteiger charge is 2.14. The third-order valence-electron chi connectivity index (χ3n) is 2.73. The van der Waals surface area contributed by atoms with Crippen LogP contribution in [-0.4, -0.2) is 15.9 Å². The highest BCUT2D eigenvalue weighted by molar-refractivity contribution is 6.31. The van der Waals surface area contributed by atoms with Gasteiger partial charge in [-0.2, -0.15) is 0 Å². The van der Waals surface area contributed by atoms with Crippen molar-refractivity contribution in [3.63, 3.8) is 0 Å². The van der Waals surface area contributed by atoms with E-state index in [2.05, 4.69) is 15.3 Å². The quantitative estimate of drug-likeness (QED) is 0.937. The standard InChI is InChI=1S/C14H14ClN3O/c1-9-7-17-13(8-16-9)14(19)18-10(2)11-5-3-4-6-12(11)15/h3-8,10H,1-2H3,(H,18,19). The lowest BCUT2D eigenvalue weighted by molar-refractivity contribution is 0.0934. The number of nitrogens with zero attached hydrogens (tertiary/aromatic N) is 2. The fraction of sp³-hybridized carbons (Fsp3) is 0.214. The van der Waals surface area contributed by atoms with Gasteiger partial charge < -0.3 is 5.32 Å². The summed E-state index contributed by atoms with van der Waals surface area (Å²) in [4.78, 5) is 20.1. The highest BCUT2D eigenvalue weighted by atomic mass is 35.5. The lowest BCUT2D eigenvalue weighted by Crippen LogP contribution is -2.27. The molecule has 1 aromatic heterocycles. The van der Waals surface area contributed by atoms with E-state index in [1.165, 1.54) is 6.20 Å². The van der Waals surface area contributed by atoms with Crippen LogP contribution in [-0.2, 0) is 0 Å². The second-order valence-electron chi connectivity index (χ2n) is 4.26. The van der Waals surface area contributed by atoms with E-state index in [9.17, 15) is 4.79 Å². The first-order valence-corrected chi connectivity index (χ1v) is 6.29. The molecule has 1 amide bonds. The Morgan fingerprint density at radius 1 is 1.26 bits per heavy atom. The largest absolute Gasteiger partial charge is 0.344 e. The minimum absolute atomic E-state index is 0.190. The Morgan fingerprint density at radius 2 is 2.00 bits per heavy atom. The maximum Gasteiger partial charge on any atom is 0.271 e. The molecule has 4 nitrogen and oxygen atoms in total. The zero-order chi connectivity index (χ0) is 13.8. The molecule has 1 heterocycles. The zero-order valence-corrected chi connectivity index (χ0v) is 11.5. The minimum Gasteiger partial charge on any atom is -0.344 e. The molecule has 0 saturated carbocycles. The molecule has 1 N–H and O–H groups in total. The Labute approximate surface area is 116 Å². The lowest BCUT2D eigenvalue weighted by Gasteiger charge is -2.15. The molecule has 0 radical (unpaired) electrons. The Bertz CT molecular complexity index is 583. The molecular formula is C14H14ClN3O. The van der Waals surface area contributed by atoms with Crippen LogP contribution in [0.1, 0.15) is 34.7 Å². The number of halogens is 1. The van der Waals surface area contributed by atoms with Crippen LogP contribution in [0.25, 0.3) is 0 Å². The molecule has 0 fully saturated rings. The van der Waals surface area contributed by atoms with Crippen molar-refractivity contribution in [1.82, 2.24) is 15.3 Å². The molecule has 0 aliphatic heterocycles. The van der Waals surface area contributed by atoms with Crippen molar-refractivity contribution in [1.29, 1.82) is 0 Å². The molecule has 19 heavy (non-hydrogen) atoms. The van der Waals surface area contributed by atoms with E-state index in [1.807, 2.05) is 32.0 Å². The fourth-order valence-corrected chi connectivity index (χ4v) is 1.98. The molecule has 1 atom stereocenters. The number of benzene rings is 1. The predicted octanol–water partition coefficient (Wildman–Crippen LogP) is 2.93. The summed E-state index contributed by atoms with van der Waals surface area (Å²) in [5.74, 6) is -0.264. The summed E-state index contributed by atoms with van der Waals surface area (Å²) in [6.45, 7) is 3.70. The number of hydrogen-bond donors (Lipinski definition) is 1. The Balaban J connectivity index is 2.11. The van der Waals surface area contributed by atoms with E-state index in [0.717, 1.165) is 11.3 Å². The SMILES string of the molecule is Cc1cnc(C(=O)NC(C)c2ccccc2Cl)cn1. The molecule has 1 unspecified atom stereocenters. The average Bonchev–Trinajstić information content (AvgIpc) is 2.39. The maximum absolute atomic E-state index is 12.0. The summed E-state index contributed by atoms with van der Waals surface area (Å²) >= 11 is 6.09. The second-order valence-corrected chi connectivity index (χ2v) is 4.67. The summed E-state index contributed by atoms with van der Waals surface area (Å²) in [5, 5.41) is 3.48. The summed E-state index contributed by atoms with van der Waals surface area (Å²) in [5.41, 5.74) is 1.94. The van der Waals surface area contributed by atoms with Crippen molar-refractivity contribution < 1.29 is 4.79 Å². The summed E-state index contributed by atoms with van der Waals surface area (Å²) in [6.07, 6.45) is 3.03. The summed E-state index contributed by atoms with van der Waals surface area (Å²) < 4.78 is 0. The van der Waals surface area contributed by atoms with Gasteiger partial charge in [0.15, 0.2) is 0 Å². The van der Waals surface area contributed by atoms with E-state index < -0.39 is 0 Å². The zero-order valence-electron chi connectivity index (χ0n) is 10.7. The van der Waals surface area contributed by atoms with Crippen molar-refractivity contribution >= 4 is 17.5 Å². The monoisotopic (exact) mass is 275 g/mol. The molecule has 2 aromatic rings. The van der Waals surface area contributed by atoms with Gasteiger partial charge in [-0.05, 0) is 25.5 Å². The molecule has 5 heteroatoms. The van der Waals surface area contributed by atoms with Crippen molar-refractivity contribution in [2.45, 2.75) is 19.9 Å². The smallest absolute Gasteiger partial charge is 0.271 e. The minimum atomic E-state index is -0.264. The number of carbonyl (C=O) groups is 1. The molecule has 0 aliphatic carbocycles. The van der Waals surface area contributed by atoms with Gasteiger partial charge in [0.05, 0.1) is 17.9 Å². The normalized spacial score (nSPS) is 11.9. The molecule has 1 aromatic carbocycles. The van der Waals surface area contributed by atoms with Gasteiger partial charge in [0.2, 0.25) is 0 Å². The van der Waals surface area contributed by atoms with E-state index >= 15 is 0 Å². The van der Waals surface area contributed by atoms with Gasteiger partial charge in [-0.25, -0.2) is 4.98 Å². The maximum atomic E-state index is 12.0. The first-order valence-electron chi connectivity index (χ1n) is 5.92. The Kier molecular flexibility index (Phi) is 4.12. The van der Waals surface area contributed by atoms with Gasteiger partial charge in [0.1, 0.15) is 5.69 Å². The van der Waals surface area contributed by atoms with E-state index in [4.69, 9.17) is 11.6 Å². The van der Waals surface area contributed by atoms with Crippen LogP contribution in [0.4, 0.5) is 0 Å². The van der Waals surface area contributed by atoms with Crippen LogP contribution >= 0.6 is 11.6 Å². The molecule has 0 bridgehead atoms. The summed E-state index contributed by atoms with van der Waals surface area (Å²) in [6, 6.07) is 7.23. The molecular weight excluding hydrogens is 262 g/mol. The third-order valence-corrected chi connectivity index (χ3v) is 3.08. The first-order chi connectivity index (χ1) is 9.08. The van der Waals surface area contributed by atoms with E-state index in [0.29, 0.717) is 10.7 Å². The van der Waals surface area contributed by atoms with E-state index in [1.54, 1.807) is 12.3 Å². The van der Waals surface area contributed by atoms with Gasteiger partial charge in [-0.1, -0.05) is 29.8 Å². The molecule has 0 aliphatic rings. The van der Waals surface area contributed by atoms with Crippen molar-refractivity contribution in [3.05, 3.63) is 58.6 Å². The topological polar surface area (TPSA) is 54.9 Å². The lowest BCUT2D eigenvalue weighted by atomic mass is 10.1. The third kappa shape index (κ3) is 3.29. The van der Waals surface area contributed by atoms with Crippen LogP contribution in [0.2, 0.25) is 5.02 Å². The average molecular weight is 276 g/mol. The Morgan fingerprint density at radius 3 is 2.63 bits per heavy atom. The molecule has 0 spiro atoms. The highest BCUT2D eigenvalue weighted by Crippen LogP contribution is 2.22. The van der Waals surface area contributed by atoms with Crippen molar-refractivity contribution in [2.24, 2.45) is 0 Å². The van der Waals surface area contributed by atoms with Crippen LogP contribution in [0.5, 0.6) is 0 Å². The number of nitrogens with one attached hydrogen (secondary N) is 1. The van der Waals surface area contributed by atoms with Crippen LogP contribution in [0.15, 0.2) is 36.7 Å². The van der Waals surface area contributed by atoms with Gasteiger partial charge in [-0.3, -0.25) is 9.78 Å². The number of hydrogen-bond acceptors (Lipinski definition) is 3. The molecule has 0 saturated heterocycles. The number of amides is 1.